The van der Waals surface area contributed by atoms with Crippen molar-refractivity contribution in [2.75, 3.05) is 5.32 Å². The number of hydrogen-bond acceptors (Lipinski definition) is 2. The van der Waals surface area contributed by atoms with Crippen LogP contribution in [0.4, 0.5) is 14.5 Å². The number of benzene rings is 1. The lowest BCUT2D eigenvalue weighted by Gasteiger charge is -2.11. The Balaban J connectivity index is 0.00000154. The lowest BCUT2D eigenvalue weighted by atomic mass is 10.00. The zero-order chi connectivity index (χ0) is 15.0. The molecule has 0 aromatic heterocycles. The fraction of sp³-hybridized carbons (Fsp3) is 0.429. The van der Waals surface area contributed by atoms with Crippen LogP contribution in [0.25, 0.3) is 0 Å². The second kappa shape index (κ2) is 8.34. The van der Waals surface area contributed by atoms with Gasteiger partial charge >= 0.3 is 6.43 Å². The molecule has 19 heavy (non-hydrogen) atoms. The predicted molar refractivity (Wildman–Crippen MR) is 71.9 cm³/mol. The van der Waals surface area contributed by atoms with E-state index < -0.39 is 12.3 Å². The maximum Gasteiger partial charge on any atom is 0.315 e. The van der Waals surface area contributed by atoms with Gasteiger partial charge in [0.1, 0.15) is 0 Å². The van der Waals surface area contributed by atoms with E-state index in [0.29, 0.717) is 6.29 Å². The Morgan fingerprint density at radius 2 is 1.84 bits per heavy atom. The number of hydrogen-bond donors (Lipinski definition) is 1. The van der Waals surface area contributed by atoms with Gasteiger partial charge in [0.15, 0.2) is 6.29 Å². The summed E-state index contributed by atoms with van der Waals surface area (Å²) in [5.41, 5.74) is 1.21. The van der Waals surface area contributed by atoms with Gasteiger partial charge in [0.2, 0.25) is 0 Å². The predicted octanol–water partition coefficient (Wildman–Crippen LogP) is 3.85. The second-order valence-corrected chi connectivity index (χ2v) is 3.91. The summed E-state index contributed by atoms with van der Waals surface area (Å²) < 4.78 is 24.1. The fourth-order valence-electron chi connectivity index (χ4n) is 1.34. The van der Waals surface area contributed by atoms with E-state index in [9.17, 15) is 18.4 Å². The summed E-state index contributed by atoms with van der Waals surface area (Å²) in [4.78, 5) is 21.6. The van der Waals surface area contributed by atoms with Gasteiger partial charge in [-0.05, 0) is 23.6 Å². The average molecular weight is 271 g/mol. The average Bonchev–Trinajstić information content (AvgIpc) is 2.40. The topological polar surface area (TPSA) is 46.2 Å². The van der Waals surface area contributed by atoms with Crippen molar-refractivity contribution < 1.29 is 18.4 Å². The molecule has 106 valence electrons. The number of amides is 1. The molecule has 1 N–H and O–H groups in total. The number of anilines is 1. The first-order valence-corrected chi connectivity index (χ1v) is 6.14. The summed E-state index contributed by atoms with van der Waals surface area (Å²) in [5.74, 6) is -1.20. The molecule has 0 atom stereocenters. The van der Waals surface area contributed by atoms with E-state index in [4.69, 9.17) is 0 Å². The maximum atomic E-state index is 12.1. The molecule has 0 aliphatic rings. The normalized spacial score (nSPS) is 9.89. The largest absolute Gasteiger partial charge is 0.320 e. The molecule has 0 heterocycles. The molecule has 0 bridgehead atoms. The molecule has 5 heteroatoms. The smallest absolute Gasteiger partial charge is 0.315 e. The zero-order valence-corrected chi connectivity index (χ0v) is 11.5. The van der Waals surface area contributed by atoms with E-state index >= 15 is 0 Å². The van der Waals surface area contributed by atoms with Crippen molar-refractivity contribution in [2.24, 2.45) is 0 Å². The number of carbonyl (C=O) groups is 2. The number of halogens is 2. The van der Waals surface area contributed by atoms with E-state index in [2.05, 4.69) is 0 Å². The second-order valence-electron chi connectivity index (χ2n) is 3.91. The van der Waals surface area contributed by atoms with Crippen molar-refractivity contribution in [2.45, 2.75) is 40.0 Å². The Bertz CT molecular complexity index is 431. The number of rotatable bonds is 4. The fourth-order valence-corrected chi connectivity index (χ4v) is 1.34. The molecule has 0 saturated heterocycles. The van der Waals surface area contributed by atoms with Crippen molar-refractivity contribution in [3.63, 3.8) is 0 Å². The molecule has 0 aliphatic carbocycles. The third kappa shape index (κ3) is 5.16. The molecule has 1 amide bonds. The van der Waals surface area contributed by atoms with Gasteiger partial charge in [0.25, 0.3) is 5.91 Å². The van der Waals surface area contributed by atoms with Crippen LogP contribution in [0.3, 0.4) is 0 Å². The molecule has 0 aliphatic heterocycles. The lowest BCUT2D eigenvalue weighted by molar-refractivity contribution is -0.126. The molecule has 1 aromatic rings. The van der Waals surface area contributed by atoms with E-state index in [1.54, 1.807) is 12.1 Å². The number of alkyl halides is 2. The van der Waals surface area contributed by atoms with Gasteiger partial charge in [-0.15, -0.1) is 0 Å². The van der Waals surface area contributed by atoms with E-state index in [-0.39, 0.29) is 17.2 Å². The van der Waals surface area contributed by atoms with Gasteiger partial charge in [-0.2, -0.15) is 8.78 Å². The summed E-state index contributed by atoms with van der Waals surface area (Å²) in [6.07, 6.45) is -2.56. The molecular weight excluding hydrogens is 252 g/mol. The van der Waals surface area contributed by atoms with E-state index in [0.717, 1.165) is 5.56 Å². The molecule has 3 nitrogen and oxygen atoms in total. The minimum Gasteiger partial charge on any atom is -0.320 e. The minimum absolute atomic E-state index is 0.106. The van der Waals surface area contributed by atoms with E-state index in [1.807, 2.05) is 33.0 Å². The highest BCUT2D eigenvalue weighted by Crippen LogP contribution is 2.21. The number of aldehydes is 1. The van der Waals surface area contributed by atoms with Crippen LogP contribution in [-0.4, -0.2) is 18.6 Å². The van der Waals surface area contributed by atoms with Crippen LogP contribution in [0.1, 0.15) is 49.5 Å². The molecule has 0 fully saturated rings. The first kappa shape index (κ1) is 17.2. The summed E-state index contributed by atoms with van der Waals surface area (Å²) in [7, 11) is 0. The van der Waals surface area contributed by atoms with Gasteiger partial charge in [0, 0.05) is 5.56 Å². The summed E-state index contributed by atoms with van der Waals surface area (Å²) in [5, 5.41) is 2.01. The third-order valence-corrected chi connectivity index (χ3v) is 2.33. The zero-order valence-electron chi connectivity index (χ0n) is 11.5. The minimum atomic E-state index is -3.10. The van der Waals surface area contributed by atoms with Crippen molar-refractivity contribution in [3.05, 3.63) is 29.3 Å². The molecule has 0 radical (unpaired) electrons. The monoisotopic (exact) mass is 271 g/mol. The van der Waals surface area contributed by atoms with Gasteiger partial charge in [-0.25, -0.2) is 0 Å². The van der Waals surface area contributed by atoms with Crippen molar-refractivity contribution in [1.29, 1.82) is 0 Å². The Morgan fingerprint density at radius 3 is 2.26 bits per heavy atom. The van der Waals surface area contributed by atoms with Crippen molar-refractivity contribution in [1.82, 2.24) is 0 Å². The van der Waals surface area contributed by atoms with Gasteiger partial charge in [-0.3, -0.25) is 9.59 Å². The highest BCUT2D eigenvalue weighted by Gasteiger charge is 2.16. The van der Waals surface area contributed by atoms with Crippen LogP contribution in [-0.2, 0) is 4.79 Å². The molecule has 0 saturated carbocycles. The van der Waals surface area contributed by atoms with Gasteiger partial charge in [-0.1, -0.05) is 33.8 Å². The molecule has 1 rings (SSSR count). The van der Waals surface area contributed by atoms with Crippen LogP contribution >= 0.6 is 0 Å². The van der Waals surface area contributed by atoms with Crippen LogP contribution in [0.5, 0.6) is 0 Å². The van der Waals surface area contributed by atoms with Crippen molar-refractivity contribution in [3.8, 4) is 0 Å². The summed E-state index contributed by atoms with van der Waals surface area (Å²) in [6.45, 7) is 7.89. The Morgan fingerprint density at radius 1 is 1.26 bits per heavy atom. The summed E-state index contributed by atoms with van der Waals surface area (Å²) in [6, 6.07) is 4.73. The molecule has 0 spiro atoms. The summed E-state index contributed by atoms with van der Waals surface area (Å²) >= 11 is 0. The van der Waals surface area contributed by atoms with Crippen molar-refractivity contribution >= 4 is 17.9 Å². The molecular formula is C14H19F2NO2. The Labute approximate surface area is 112 Å². The highest BCUT2D eigenvalue weighted by atomic mass is 19.3. The van der Waals surface area contributed by atoms with Crippen LogP contribution in [0.15, 0.2) is 18.2 Å². The third-order valence-electron chi connectivity index (χ3n) is 2.33. The molecule has 1 aromatic carbocycles. The first-order chi connectivity index (χ1) is 8.95. The maximum absolute atomic E-state index is 12.1. The number of carbonyl (C=O) groups excluding carboxylic acids is 2. The van der Waals surface area contributed by atoms with E-state index in [1.165, 1.54) is 6.07 Å². The molecule has 0 unspecified atom stereocenters. The van der Waals surface area contributed by atoms with Crippen LogP contribution in [0.2, 0.25) is 0 Å². The first-order valence-electron chi connectivity index (χ1n) is 6.14. The highest BCUT2D eigenvalue weighted by molar-refractivity contribution is 5.97. The quantitative estimate of drug-likeness (QED) is 0.845. The van der Waals surface area contributed by atoms with Crippen LogP contribution in [0, 0.1) is 0 Å². The van der Waals surface area contributed by atoms with Gasteiger partial charge in [0.05, 0.1) is 5.69 Å². The number of nitrogens with one attached hydrogen (secondary N) is 1. The Kier molecular flexibility index (Phi) is 7.56. The SMILES string of the molecule is CC.CC(C)c1ccc(NC(=O)C(F)F)c(C=O)c1. The van der Waals surface area contributed by atoms with Gasteiger partial charge < -0.3 is 5.32 Å². The van der Waals surface area contributed by atoms with Crippen LogP contribution < -0.4 is 5.32 Å². The Hall–Kier alpha value is -1.78. The standard InChI is InChI=1S/C12H13F2NO2.C2H6/c1-7(2)8-3-4-10(9(5-8)6-16)15-12(17)11(13)14;1-2/h3-7,11H,1-2H3,(H,15,17);1-2H3. The lowest BCUT2D eigenvalue weighted by Crippen LogP contribution is -2.20.